The highest BCUT2D eigenvalue weighted by atomic mass is 16.3. The molecule has 1 heterocycles. The molecule has 2 heteroatoms. The Morgan fingerprint density at radius 1 is 0.333 bits per heavy atom. The van der Waals surface area contributed by atoms with Gasteiger partial charge in [0, 0.05) is 27.8 Å². The Morgan fingerprint density at radius 3 is 1.71 bits per heavy atom. The standard InChI is InChI=1S/C46H31NO/c1-2-10-32(11-3-1)34-22-26-39(27-23-34)47(40-28-24-35(25-29-40)37-21-20-33-12-4-5-13-36(33)30-37)41-15-8-14-38(31-41)42-17-9-19-45-46(42)43-16-6-7-18-44(43)48-45/h1-31H. The van der Waals surface area contributed by atoms with Gasteiger partial charge in [0.15, 0.2) is 0 Å². The average molecular weight is 614 g/mol. The lowest BCUT2D eigenvalue weighted by atomic mass is 9.98. The molecule has 0 aliphatic carbocycles. The van der Waals surface area contributed by atoms with Crippen LogP contribution in [0.4, 0.5) is 17.1 Å². The molecular weight excluding hydrogens is 583 g/mol. The number of para-hydroxylation sites is 1. The van der Waals surface area contributed by atoms with Gasteiger partial charge in [0.25, 0.3) is 0 Å². The van der Waals surface area contributed by atoms with Crippen molar-refractivity contribution in [2.45, 2.75) is 0 Å². The Balaban J connectivity index is 1.16. The maximum absolute atomic E-state index is 6.24. The SMILES string of the molecule is c1ccc(-c2ccc(N(c3ccc(-c4ccc5ccccc5c4)cc3)c3cccc(-c4cccc5oc6ccccc6c45)c3)cc2)cc1. The van der Waals surface area contributed by atoms with E-state index >= 15 is 0 Å². The second kappa shape index (κ2) is 11.8. The van der Waals surface area contributed by atoms with Crippen molar-refractivity contribution in [2.75, 3.05) is 4.90 Å². The molecule has 2 nitrogen and oxygen atoms in total. The van der Waals surface area contributed by atoms with Crippen LogP contribution in [-0.2, 0) is 0 Å². The summed E-state index contributed by atoms with van der Waals surface area (Å²) in [5.41, 5.74) is 12.2. The second-order valence-corrected chi connectivity index (χ2v) is 12.2. The van der Waals surface area contributed by atoms with Crippen molar-refractivity contribution < 1.29 is 4.42 Å². The molecule has 0 radical (unpaired) electrons. The summed E-state index contributed by atoms with van der Waals surface area (Å²) in [7, 11) is 0. The third-order valence-electron chi connectivity index (χ3n) is 9.26. The van der Waals surface area contributed by atoms with E-state index in [4.69, 9.17) is 4.42 Å². The van der Waals surface area contributed by atoms with Crippen LogP contribution in [0.5, 0.6) is 0 Å². The van der Waals surface area contributed by atoms with Crippen molar-refractivity contribution in [2.24, 2.45) is 0 Å². The topological polar surface area (TPSA) is 16.4 Å². The highest BCUT2D eigenvalue weighted by Gasteiger charge is 2.17. The molecule has 0 fully saturated rings. The normalized spacial score (nSPS) is 11.3. The molecule has 0 saturated heterocycles. The Kier molecular flexibility index (Phi) is 6.84. The molecule has 0 unspecified atom stereocenters. The molecule has 0 atom stereocenters. The minimum absolute atomic E-state index is 0.900. The minimum Gasteiger partial charge on any atom is -0.456 e. The first-order valence-electron chi connectivity index (χ1n) is 16.3. The third-order valence-corrected chi connectivity index (χ3v) is 9.26. The van der Waals surface area contributed by atoms with Crippen LogP contribution < -0.4 is 4.90 Å². The van der Waals surface area contributed by atoms with Crippen LogP contribution in [0.3, 0.4) is 0 Å². The van der Waals surface area contributed by atoms with E-state index in [9.17, 15) is 0 Å². The number of furan rings is 1. The van der Waals surface area contributed by atoms with Gasteiger partial charge in [0.1, 0.15) is 11.2 Å². The van der Waals surface area contributed by atoms with E-state index in [-0.39, 0.29) is 0 Å². The van der Waals surface area contributed by atoms with Gasteiger partial charge in [0.2, 0.25) is 0 Å². The van der Waals surface area contributed by atoms with Crippen molar-refractivity contribution in [3.05, 3.63) is 188 Å². The van der Waals surface area contributed by atoms with E-state index < -0.39 is 0 Å². The van der Waals surface area contributed by atoms with Gasteiger partial charge >= 0.3 is 0 Å². The molecule has 0 aliphatic heterocycles. The van der Waals surface area contributed by atoms with Crippen molar-refractivity contribution in [3.8, 4) is 33.4 Å². The largest absolute Gasteiger partial charge is 0.456 e. The highest BCUT2D eigenvalue weighted by Crippen LogP contribution is 2.41. The van der Waals surface area contributed by atoms with E-state index in [1.165, 1.54) is 33.0 Å². The summed E-state index contributed by atoms with van der Waals surface area (Å²) < 4.78 is 6.24. The lowest BCUT2D eigenvalue weighted by molar-refractivity contribution is 0.669. The van der Waals surface area contributed by atoms with E-state index in [0.29, 0.717) is 0 Å². The summed E-state index contributed by atoms with van der Waals surface area (Å²) in [4.78, 5) is 2.34. The maximum Gasteiger partial charge on any atom is 0.136 e. The lowest BCUT2D eigenvalue weighted by Crippen LogP contribution is -2.10. The van der Waals surface area contributed by atoms with Crippen molar-refractivity contribution in [1.82, 2.24) is 0 Å². The molecule has 1 aromatic heterocycles. The number of fused-ring (bicyclic) bond motifs is 4. The summed E-state index contributed by atoms with van der Waals surface area (Å²) >= 11 is 0. The van der Waals surface area contributed by atoms with Crippen molar-refractivity contribution in [3.63, 3.8) is 0 Å². The number of hydrogen-bond donors (Lipinski definition) is 0. The summed E-state index contributed by atoms with van der Waals surface area (Å²) in [6.45, 7) is 0. The molecular formula is C46H31NO. The molecule has 0 N–H and O–H groups in total. The van der Waals surface area contributed by atoms with Gasteiger partial charge in [-0.3, -0.25) is 0 Å². The highest BCUT2D eigenvalue weighted by molar-refractivity contribution is 6.12. The van der Waals surface area contributed by atoms with Crippen LogP contribution in [0, 0.1) is 0 Å². The van der Waals surface area contributed by atoms with Gasteiger partial charge in [-0.1, -0.05) is 133 Å². The molecule has 226 valence electrons. The fraction of sp³-hybridized carbons (Fsp3) is 0. The molecule has 0 spiro atoms. The van der Waals surface area contributed by atoms with Gasteiger partial charge in [-0.05, 0) is 98.8 Å². The number of nitrogens with zero attached hydrogens (tertiary/aromatic N) is 1. The van der Waals surface area contributed by atoms with Crippen molar-refractivity contribution >= 4 is 49.8 Å². The molecule has 8 aromatic carbocycles. The van der Waals surface area contributed by atoms with Gasteiger partial charge in [0.05, 0.1) is 0 Å². The number of hydrogen-bond acceptors (Lipinski definition) is 2. The van der Waals surface area contributed by atoms with E-state index in [1.807, 2.05) is 12.1 Å². The molecule has 9 aromatic rings. The summed E-state index contributed by atoms with van der Waals surface area (Å²) in [6, 6.07) is 67.0. The minimum atomic E-state index is 0.900. The van der Waals surface area contributed by atoms with E-state index in [1.54, 1.807) is 0 Å². The molecule has 9 rings (SSSR count). The first-order chi connectivity index (χ1) is 23.8. The average Bonchev–Trinajstić information content (AvgIpc) is 3.55. The third kappa shape index (κ3) is 5.01. The quantitative estimate of drug-likeness (QED) is 0.185. The van der Waals surface area contributed by atoms with Gasteiger partial charge in [-0.15, -0.1) is 0 Å². The van der Waals surface area contributed by atoms with Gasteiger partial charge in [-0.2, -0.15) is 0 Å². The summed E-state index contributed by atoms with van der Waals surface area (Å²) in [6.07, 6.45) is 0. The predicted octanol–water partition coefficient (Wildman–Crippen LogP) is 13.2. The zero-order valence-corrected chi connectivity index (χ0v) is 26.3. The first kappa shape index (κ1) is 27.9. The molecule has 0 amide bonds. The molecule has 0 aliphatic rings. The summed E-state index contributed by atoms with van der Waals surface area (Å²) in [5, 5.41) is 4.77. The second-order valence-electron chi connectivity index (χ2n) is 12.2. The zero-order valence-electron chi connectivity index (χ0n) is 26.3. The lowest BCUT2D eigenvalue weighted by Gasteiger charge is -2.26. The van der Waals surface area contributed by atoms with E-state index in [0.717, 1.165) is 50.1 Å². The number of benzene rings is 8. The van der Waals surface area contributed by atoms with Crippen LogP contribution in [0.1, 0.15) is 0 Å². The molecule has 0 saturated carbocycles. The number of anilines is 3. The molecule has 0 bridgehead atoms. The van der Waals surface area contributed by atoms with Crippen LogP contribution in [0.2, 0.25) is 0 Å². The Bertz CT molecular complexity index is 2540. The van der Waals surface area contributed by atoms with Crippen LogP contribution in [0.25, 0.3) is 66.1 Å². The van der Waals surface area contributed by atoms with Crippen LogP contribution in [0.15, 0.2) is 192 Å². The molecule has 48 heavy (non-hydrogen) atoms. The van der Waals surface area contributed by atoms with Gasteiger partial charge in [-0.25, -0.2) is 0 Å². The summed E-state index contributed by atoms with van der Waals surface area (Å²) in [5.74, 6) is 0. The van der Waals surface area contributed by atoms with E-state index in [2.05, 4.69) is 181 Å². The Hall–Kier alpha value is -6.38. The zero-order chi connectivity index (χ0) is 31.9. The fourth-order valence-corrected chi connectivity index (χ4v) is 6.88. The number of rotatable bonds is 6. The van der Waals surface area contributed by atoms with Crippen LogP contribution in [-0.4, -0.2) is 0 Å². The monoisotopic (exact) mass is 613 g/mol. The maximum atomic E-state index is 6.24. The smallest absolute Gasteiger partial charge is 0.136 e. The predicted molar refractivity (Wildman–Crippen MR) is 202 cm³/mol. The first-order valence-corrected chi connectivity index (χ1v) is 16.3. The van der Waals surface area contributed by atoms with Crippen LogP contribution >= 0.6 is 0 Å². The Labute approximate surface area is 279 Å². The van der Waals surface area contributed by atoms with Crippen molar-refractivity contribution in [1.29, 1.82) is 0 Å². The fourth-order valence-electron chi connectivity index (χ4n) is 6.88. The Morgan fingerprint density at radius 2 is 0.917 bits per heavy atom. The van der Waals surface area contributed by atoms with Gasteiger partial charge < -0.3 is 9.32 Å².